The lowest BCUT2D eigenvalue weighted by Gasteiger charge is -1.81. The van der Waals surface area contributed by atoms with E-state index in [0.29, 0.717) is 0 Å². The lowest BCUT2D eigenvalue weighted by atomic mass is 10.5. The minimum Gasteiger partial charge on any atom is -0.267 e. The van der Waals surface area contributed by atoms with E-state index in [1.807, 2.05) is 26.8 Å². The van der Waals surface area contributed by atoms with E-state index in [9.17, 15) is 0 Å². The van der Waals surface area contributed by atoms with Gasteiger partial charge in [0, 0.05) is 11.9 Å². The summed E-state index contributed by atoms with van der Waals surface area (Å²) in [5.41, 5.74) is 1.07. The summed E-state index contributed by atoms with van der Waals surface area (Å²) in [6.07, 6.45) is 3.76. The Morgan fingerprint density at radius 3 is 2.14 bits per heavy atom. The Bertz CT molecular complexity index is 90.4. The lowest BCUT2D eigenvalue weighted by molar-refractivity contribution is 1.29. The van der Waals surface area contributed by atoms with Crippen LogP contribution in [0.2, 0.25) is 0 Å². The summed E-state index contributed by atoms with van der Waals surface area (Å²) >= 11 is 0. The monoisotopic (exact) mass is 97.1 g/mol. The molecule has 0 bridgehead atoms. The van der Waals surface area contributed by atoms with Crippen molar-refractivity contribution in [3.63, 3.8) is 0 Å². The Balaban J connectivity index is 3.58. The summed E-state index contributed by atoms with van der Waals surface area (Å²) in [4.78, 5) is 3.98. The van der Waals surface area contributed by atoms with Crippen LogP contribution in [0.5, 0.6) is 0 Å². The van der Waals surface area contributed by atoms with E-state index < -0.39 is 0 Å². The fraction of sp³-hybridized carbons (Fsp3) is 0.500. The molecule has 0 saturated heterocycles. The molecule has 40 valence electrons. The highest BCUT2D eigenvalue weighted by Crippen LogP contribution is 1.89. The minimum absolute atomic E-state index is 1.07. The maximum Gasteiger partial charge on any atom is 0.0326 e. The molecule has 0 aliphatic rings. The van der Waals surface area contributed by atoms with Crippen LogP contribution in [0.25, 0.3) is 0 Å². The zero-order chi connectivity index (χ0) is 5.70. The fourth-order valence-electron chi connectivity index (χ4n) is 0.278. The van der Waals surface area contributed by atoms with Crippen LogP contribution in [0.3, 0.4) is 0 Å². The third-order valence-corrected chi connectivity index (χ3v) is 0.751. The second-order valence-corrected chi connectivity index (χ2v) is 1.32. The quantitative estimate of drug-likeness (QED) is 0.444. The van der Waals surface area contributed by atoms with Crippen molar-refractivity contribution in [3.05, 3.63) is 11.8 Å². The summed E-state index contributed by atoms with van der Waals surface area (Å²) in [6.45, 7) is 5.86. The van der Waals surface area contributed by atoms with Gasteiger partial charge in [0.1, 0.15) is 0 Å². The van der Waals surface area contributed by atoms with Crippen LogP contribution in [0.1, 0.15) is 20.8 Å². The van der Waals surface area contributed by atoms with E-state index in [1.54, 1.807) is 6.21 Å². The molecule has 0 amide bonds. The van der Waals surface area contributed by atoms with Crippen LogP contribution in [-0.4, -0.2) is 6.21 Å². The van der Waals surface area contributed by atoms with Crippen molar-refractivity contribution in [2.45, 2.75) is 20.8 Å². The summed E-state index contributed by atoms with van der Waals surface area (Å²) in [5.74, 6) is 0. The zero-order valence-corrected chi connectivity index (χ0v) is 5.10. The van der Waals surface area contributed by atoms with E-state index in [0.717, 1.165) is 5.70 Å². The maximum atomic E-state index is 3.98. The average Bonchev–Trinajstić information content (AvgIpc) is 1.68. The van der Waals surface area contributed by atoms with Gasteiger partial charge in [-0.25, -0.2) is 0 Å². The van der Waals surface area contributed by atoms with Gasteiger partial charge in [-0.1, -0.05) is 6.08 Å². The van der Waals surface area contributed by atoms with Crippen molar-refractivity contribution in [2.24, 2.45) is 4.99 Å². The molecule has 0 heterocycles. The molecule has 0 fully saturated rings. The number of hydrogen-bond acceptors (Lipinski definition) is 1. The molecular weight excluding hydrogens is 86.1 g/mol. The van der Waals surface area contributed by atoms with Gasteiger partial charge in [0.2, 0.25) is 0 Å². The van der Waals surface area contributed by atoms with Crippen LogP contribution in [-0.2, 0) is 0 Å². The van der Waals surface area contributed by atoms with Gasteiger partial charge in [-0.3, -0.25) is 4.99 Å². The molecule has 0 aromatic rings. The topological polar surface area (TPSA) is 12.4 Å². The number of nitrogens with zero attached hydrogens (tertiary/aromatic N) is 1. The van der Waals surface area contributed by atoms with Crippen LogP contribution < -0.4 is 0 Å². The molecule has 0 N–H and O–H groups in total. The first-order valence-electron chi connectivity index (χ1n) is 2.43. The van der Waals surface area contributed by atoms with Gasteiger partial charge in [0.05, 0.1) is 0 Å². The maximum absolute atomic E-state index is 3.98. The summed E-state index contributed by atoms with van der Waals surface area (Å²) in [7, 11) is 0. The Morgan fingerprint density at radius 1 is 1.43 bits per heavy atom. The lowest BCUT2D eigenvalue weighted by Crippen LogP contribution is -1.64. The Labute approximate surface area is 44.8 Å². The van der Waals surface area contributed by atoms with E-state index in [-0.39, 0.29) is 0 Å². The van der Waals surface area contributed by atoms with Crippen molar-refractivity contribution < 1.29 is 0 Å². The van der Waals surface area contributed by atoms with Crippen LogP contribution >= 0.6 is 0 Å². The van der Waals surface area contributed by atoms with Gasteiger partial charge >= 0.3 is 0 Å². The molecule has 7 heavy (non-hydrogen) atoms. The molecule has 0 saturated carbocycles. The number of rotatable bonds is 1. The molecule has 1 heteroatoms. The first kappa shape index (κ1) is 6.41. The van der Waals surface area contributed by atoms with Gasteiger partial charge in [0.15, 0.2) is 0 Å². The Hall–Kier alpha value is -0.590. The molecule has 0 rings (SSSR count). The number of hydrogen-bond donors (Lipinski definition) is 0. The SMILES string of the molecule is C/C=N\C(C)=C/C. The van der Waals surface area contributed by atoms with Gasteiger partial charge in [-0.2, -0.15) is 0 Å². The van der Waals surface area contributed by atoms with E-state index in [2.05, 4.69) is 4.99 Å². The Kier molecular flexibility index (Phi) is 3.29. The van der Waals surface area contributed by atoms with Crippen molar-refractivity contribution in [1.82, 2.24) is 0 Å². The molecular formula is C6H11N. The van der Waals surface area contributed by atoms with Crippen molar-refractivity contribution >= 4 is 6.21 Å². The standard InChI is InChI=1S/C6H11N/c1-4-6(3)7-5-2/h4-5H,1-3H3/b6-4-,7-5-. The molecule has 0 unspecified atom stereocenters. The van der Waals surface area contributed by atoms with Gasteiger partial charge < -0.3 is 0 Å². The number of allylic oxidation sites excluding steroid dienone is 2. The third kappa shape index (κ3) is 3.23. The molecule has 0 aromatic carbocycles. The fourth-order valence-corrected chi connectivity index (χ4v) is 0.278. The zero-order valence-electron chi connectivity index (χ0n) is 5.10. The summed E-state index contributed by atoms with van der Waals surface area (Å²) in [6, 6.07) is 0. The molecule has 0 atom stereocenters. The minimum atomic E-state index is 1.07. The number of aliphatic imine (C=N–C) groups is 1. The van der Waals surface area contributed by atoms with E-state index >= 15 is 0 Å². The Morgan fingerprint density at radius 2 is 2.00 bits per heavy atom. The molecule has 0 radical (unpaired) electrons. The predicted octanol–water partition coefficient (Wildman–Crippen LogP) is 2.00. The molecule has 0 spiro atoms. The molecule has 0 aromatic heterocycles. The van der Waals surface area contributed by atoms with E-state index in [1.165, 1.54) is 0 Å². The smallest absolute Gasteiger partial charge is 0.0326 e. The molecule has 0 aliphatic carbocycles. The largest absolute Gasteiger partial charge is 0.267 e. The summed E-state index contributed by atoms with van der Waals surface area (Å²) < 4.78 is 0. The molecule has 0 aliphatic heterocycles. The van der Waals surface area contributed by atoms with Crippen molar-refractivity contribution in [3.8, 4) is 0 Å². The highest BCUT2D eigenvalue weighted by molar-refractivity contribution is 5.54. The normalized spacial score (nSPS) is 13.3. The van der Waals surface area contributed by atoms with Crippen LogP contribution in [0.4, 0.5) is 0 Å². The van der Waals surface area contributed by atoms with Crippen LogP contribution in [0, 0.1) is 0 Å². The highest BCUT2D eigenvalue weighted by Gasteiger charge is 1.70. The summed E-state index contributed by atoms with van der Waals surface area (Å²) in [5, 5.41) is 0. The first-order valence-corrected chi connectivity index (χ1v) is 2.43. The second kappa shape index (κ2) is 3.59. The average molecular weight is 97.2 g/mol. The third-order valence-electron chi connectivity index (χ3n) is 0.751. The van der Waals surface area contributed by atoms with E-state index in [4.69, 9.17) is 0 Å². The van der Waals surface area contributed by atoms with Gasteiger partial charge in [0.25, 0.3) is 0 Å². The van der Waals surface area contributed by atoms with Gasteiger partial charge in [-0.15, -0.1) is 0 Å². The predicted molar refractivity (Wildman–Crippen MR) is 33.6 cm³/mol. The van der Waals surface area contributed by atoms with Crippen molar-refractivity contribution in [1.29, 1.82) is 0 Å². The van der Waals surface area contributed by atoms with Crippen LogP contribution in [0.15, 0.2) is 16.8 Å². The first-order chi connectivity index (χ1) is 3.31. The highest BCUT2D eigenvalue weighted by atomic mass is 14.7. The van der Waals surface area contributed by atoms with Crippen molar-refractivity contribution in [2.75, 3.05) is 0 Å². The second-order valence-electron chi connectivity index (χ2n) is 1.32. The molecule has 1 nitrogen and oxygen atoms in total. The van der Waals surface area contributed by atoms with Gasteiger partial charge in [-0.05, 0) is 20.8 Å².